The molecule has 1 fully saturated rings. The van der Waals surface area contributed by atoms with Gasteiger partial charge in [0, 0.05) is 19.3 Å². The number of likely N-dealkylation sites (N-methyl/N-ethyl adjacent to an activating group) is 1. The second-order valence-corrected chi connectivity index (χ2v) is 5.71. The predicted octanol–water partition coefficient (Wildman–Crippen LogP) is -0.189. The Morgan fingerprint density at radius 3 is 2.44 bits per heavy atom. The van der Waals surface area contributed by atoms with Gasteiger partial charge in [0.25, 0.3) is 0 Å². The molecule has 1 aliphatic rings. The summed E-state index contributed by atoms with van der Waals surface area (Å²) in [7, 11) is 2.38. The highest BCUT2D eigenvalue weighted by atomic mass is 15.2. The van der Waals surface area contributed by atoms with E-state index in [0.29, 0.717) is 0 Å². The molecule has 0 aromatic heterocycles. The molecule has 0 amide bonds. The number of nitrogens with one attached hydrogen (secondary N) is 2. The monoisotopic (exact) mass is 248 g/mol. The van der Waals surface area contributed by atoms with Crippen molar-refractivity contribution in [2.45, 2.75) is 32.2 Å². The molecule has 1 aromatic rings. The maximum Gasteiger partial charge on any atom is 0.0981 e. The normalized spacial score (nSPS) is 25.9. The summed E-state index contributed by atoms with van der Waals surface area (Å²) < 4.78 is 0. The molecule has 0 spiro atoms. The van der Waals surface area contributed by atoms with Gasteiger partial charge in [0.2, 0.25) is 0 Å². The molecule has 2 nitrogen and oxygen atoms in total. The molecule has 0 bridgehead atoms. The number of piperidine rings is 1. The van der Waals surface area contributed by atoms with Crippen molar-refractivity contribution >= 4 is 0 Å². The van der Waals surface area contributed by atoms with Crippen molar-refractivity contribution in [2.75, 3.05) is 33.2 Å². The summed E-state index contributed by atoms with van der Waals surface area (Å²) in [4.78, 5) is 3.52. The number of rotatable bonds is 5. The van der Waals surface area contributed by atoms with Crippen LogP contribution in [-0.4, -0.2) is 39.3 Å². The van der Waals surface area contributed by atoms with Crippen LogP contribution in [0.2, 0.25) is 0 Å². The fourth-order valence-corrected chi connectivity index (χ4v) is 3.06. The Labute approximate surface area is 112 Å². The third kappa shape index (κ3) is 3.82. The molecule has 1 saturated heterocycles. The van der Waals surface area contributed by atoms with Gasteiger partial charge in [-0.15, -0.1) is 0 Å². The topological polar surface area (TPSA) is 8.88 Å². The molecule has 18 heavy (non-hydrogen) atoms. The Bertz CT molecular complexity index is 328. The second-order valence-electron chi connectivity index (χ2n) is 5.71. The fourth-order valence-electron chi connectivity index (χ4n) is 3.06. The number of hydrogen-bond acceptors (Lipinski definition) is 0. The van der Waals surface area contributed by atoms with Crippen LogP contribution in [0.25, 0.3) is 0 Å². The van der Waals surface area contributed by atoms with Gasteiger partial charge in [0.05, 0.1) is 39.3 Å². The lowest BCUT2D eigenvalue weighted by atomic mass is 10.0. The zero-order chi connectivity index (χ0) is 12.8. The molecule has 1 aromatic carbocycles. The highest BCUT2D eigenvalue weighted by Crippen LogP contribution is 1.99. The SMILES string of the molecule is CC[NH+]1CCC([NH+](C)CCc2ccccc2)CC1. The van der Waals surface area contributed by atoms with E-state index in [-0.39, 0.29) is 0 Å². The number of quaternary nitrogens is 2. The largest absolute Gasteiger partial charge is 0.335 e. The van der Waals surface area contributed by atoms with E-state index >= 15 is 0 Å². The third-order valence-corrected chi connectivity index (χ3v) is 4.54. The summed E-state index contributed by atoms with van der Waals surface area (Å²) in [6, 6.07) is 11.8. The first kappa shape index (κ1) is 13.6. The van der Waals surface area contributed by atoms with Crippen LogP contribution in [-0.2, 0) is 6.42 Å². The van der Waals surface area contributed by atoms with Crippen LogP contribution in [0.3, 0.4) is 0 Å². The van der Waals surface area contributed by atoms with Crippen LogP contribution in [0, 0.1) is 0 Å². The molecule has 1 aliphatic heterocycles. The van der Waals surface area contributed by atoms with Crippen molar-refractivity contribution in [3.8, 4) is 0 Å². The summed E-state index contributed by atoms with van der Waals surface area (Å²) in [5.41, 5.74) is 1.48. The van der Waals surface area contributed by atoms with Crippen LogP contribution < -0.4 is 9.80 Å². The molecular weight excluding hydrogens is 220 g/mol. The van der Waals surface area contributed by atoms with E-state index < -0.39 is 0 Å². The van der Waals surface area contributed by atoms with Crippen molar-refractivity contribution in [1.29, 1.82) is 0 Å². The smallest absolute Gasteiger partial charge is 0.0981 e. The van der Waals surface area contributed by atoms with Gasteiger partial charge in [-0.2, -0.15) is 0 Å². The zero-order valence-corrected chi connectivity index (χ0v) is 11.9. The summed E-state index contributed by atoms with van der Waals surface area (Å²) in [5, 5.41) is 0. The van der Waals surface area contributed by atoms with Crippen molar-refractivity contribution < 1.29 is 9.80 Å². The molecule has 1 atom stereocenters. The highest BCUT2D eigenvalue weighted by molar-refractivity contribution is 5.14. The Kier molecular flexibility index (Phi) is 5.21. The van der Waals surface area contributed by atoms with E-state index in [1.165, 1.54) is 51.0 Å². The summed E-state index contributed by atoms with van der Waals surface area (Å²) in [5.74, 6) is 0. The summed E-state index contributed by atoms with van der Waals surface area (Å²) >= 11 is 0. The second kappa shape index (κ2) is 6.91. The van der Waals surface area contributed by atoms with Gasteiger partial charge in [0.15, 0.2) is 0 Å². The van der Waals surface area contributed by atoms with Crippen LogP contribution in [0.1, 0.15) is 25.3 Å². The minimum absolute atomic E-state index is 0.893. The summed E-state index contributed by atoms with van der Waals surface area (Å²) in [6.07, 6.45) is 4.03. The first-order chi connectivity index (χ1) is 8.79. The molecule has 0 radical (unpaired) electrons. The first-order valence-electron chi connectivity index (χ1n) is 7.49. The maximum absolute atomic E-state index is 2.38. The zero-order valence-electron chi connectivity index (χ0n) is 11.9. The quantitative estimate of drug-likeness (QED) is 0.715. The van der Waals surface area contributed by atoms with E-state index in [1.54, 1.807) is 9.80 Å². The van der Waals surface area contributed by atoms with Crippen LogP contribution in [0.15, 0.2) is 30.3 Å². The lowest BCUT2D eigenvalue weighted by molar-refractivity contribution is -0.946. The average Bonchev–Trinajstić information content (AvgIpc) is 2.46. The Morgan fingerprint density at radius 2 is 1.83 bits per heavy atom. The van der Waals surface area contributed by atoms with E-state index in [0.717, 1.165) is 6.04 Å². The Hall–Kier alpha value is -0.860. The molecule has 0 aliphatic carbocycles. The lowest BCUT2D eigenvalue weighted by Crippen LogP contribution is -3.19. The average molecular weight is 248 g/mol. The minimum Gasteiger partial charge on any atom is -0.335 e. The van der Waals surface area contributed by atoms with Gasteiger partial charge < -0.3 is 9.80 Å². The van der Waals surface area contributed by atoms with Crippen molar-refractivity contribution in [3.05, 3.63) is 35.9 Å². The standard InChI is InChI=1S/C16H26N2/c1-3-18-13-10-16(11-14-18)17(2)12-9-15-7-5-4-6-8-15/h4-8,16H,3,9-14H2,1-2H3/p+2. The van der Waals surface area contributed by atoms with Gasteiger partial charge >= 0.3 is 0 Å². The van der Waals surface area contributed by atoms with Crippen molar-refractivity contribution in [2.24, 2.45) is 0 Å². The predicted molar refractivity (Wildman–Crippen MR) is 76.2 cm³/mol. The van der Waals surface area contributed by atoms with E-state index in [1.807, 2.05) is 0 Å². The number of benzene rings is 1. The van der Waals surface area contributed by atoms with Crippen LogP contribution in [0.4, 0.5) is 0 Å². The van der Waals surface area contributed by atoms with Crippen molar-refractivity contribution in [1.82, 2.24) is 0 Å². The maximum atomic E-state index is 2.38. The van der Waals surface area contributed by atoms with Crippen LogP contribution >= 0.6 is 0 Å². The molecule has 2 N–H and O–H groups in total. The van der Waals surface area contributed by atoms with Gasteiger partial charge in [0.1, 0.15) is 0 Å². The van der Waals surface area contributed by atoms with Gasteiger partial charge in [-0.1, -0.05) is 30.3 Å². The number of likely N-dealkylation sites (tertiary alicyclic amines) is 1. The molecule has 2 rings (SSSR count). The summed E-state index contributed by atoms with van der Waals surface area (Å²) in [6.45, 7) is 7.64. The molecule has 2 heteroatoms. The van der Waals surface area contributed by atoms with Gasteiger partial charge in [-0.25, -0.2) is 0 Å². The van der Waals surface area contributed by atoms with Gasteiger partial charge in [-0.05, 0) is 12.5 Å². The van der Waals surface area contributed by atoms with E-state index in [2.05, 4.69) is 44.3 Å². The fraction of sp³-hybridized carbons (Fsp3) is 0.625. The number of hydrogen-bond donors (Lipinski definition) is 2. The Morgan fingerprint density at radius 1 is 1.17 bits per heavy atom. The highest BCUT2D eigenvalue weighted by Gasteiger charge is 2.26. The molecule has 100 valence electrons. The molecule has 1 unspecified atom stereocenters. The Balaban J connectivity index is 1.73. The van der Waals surface area contributed by atoms with Crippen molar-refractivity contribution in [3.63, 3.8) is 0 Å². The molecule has 1 heterocycles. The molecule has 0 saturated carbocycles. The van der Waals surface area contributed by atoms with E-state index in [9.17, 15) is 0 Å². The lowest BCUT2D eigenvalue weighted by Gasteiger charge is -2.32. The van der Waals surface area contributed by atoms with E-state index in [4.69, 9.17) is 0 Å². The minimum atomic E-state index is 0.893. The van der Waals surface area contributed by atoms with Gasteiger partial charge in [-0.3, -0.25) is 0 Å². The first-order valence-corrected chi connectivity index (χ1v) is 7.49. The molecular formula is C16H28N2+2. The third-order valence-electron chi connectivity index (χ3n) is 4.54. The van der Waals surface area contributed by atoms with Crippen LogP contribution in [0.5, 0.6) is 0 Å².